The summed E-state index contributed by atoms with van der Waals surface area (Å²) in [7, 11) is 0. The molecule has 0 radical (unpaired) electrons. The molecule has 0 bridgehead atoms. The van der Waals surface area contributed by atoms with E-state index in [0.717, 1.165) is 0 Å². The van der Waals surface area contributed by atoms with E-state index in [-0.39, 0.29) is 17.1 Å². The molecule has 0 saturated carbocycles. The molecule has 0 unspecified atom stereocenters. The normalized spacial score (nSPS) is 12.5. The number of nitrogens with one attached hydrogen (secondary N) is 2. The highest BCUT2D eigenvalue weighted by Gasteiger charge is 2.26. The Morgan fingerprint density at radius 1 is 1.42 bits per heavy atom. The van der Waals surface area contributed by atoms with E-state index in [2.05, 4.69) is 15.6 Å². The smallest absolute Gasteiger partial charge is 0.319 e. The van der Waals surface area contributed by atoms with Crippen molar-refractivity contribution < 1.29 is 9.72 Å². The predicted octanol–water partition coefficient (Wildman–Crippen LogP) is 3.03. The number of amides is 2. The maximum atomic E-state index is 12.3. The molecule has 2 amide bonds. The zero-order valence-electron chi connectivity index (χ0n) is 13.9. The predicted molar refractivity (Wildman–Crippen MR) is 90.7 cm³/mol. The van der Waals surface area contributed by atoms with Gasteiger partial charge in [0.25, 0.3) is 5.69 Å². The van der Waals surface area contributed by atoms with Gasteiger partial charge in [-0.1, -0.05) is 26.8 Å². The fourth-order valence-electron chi connectivity index (χ4n) is 2.16. The molecule has 0 saturated heterocycles. The summed E-state index contributed by atoms with van der Waals surface area (Å²) in [4.78, 5) is 26.6. The fraction of sp³-hybridized carbons (Fsp3) is 0.375. The summed E-state index contributed by atoms with van der Waals surface area (Å²) in [5, 5.41) is 16.4. The molecule has 1 heterocycles. The van der Waals surface area contributed by atoms with Crippen molar-refractivity contribution in [3.05, 3.63) is 53.1 Å². The lowest BCUT2D eigenvalue weighted by Gasteiger charge is -2.31. The van der Waals surface area contributed by atoms with Crippen molar-refractivity contribution >= 4 is 17.4 Å². The third-order valence-corrected chi connectivity index (χ3v) is 3.62. The van der Waals surface area contributed by atoms with Crippen molar-refractivity contribution in [3.8, 4) is 0 Å². The first kappa shape index (κ1) is 17.5. The number of imidazole rings is 1. The second-order valence-electron chi connectivity index (χ2n) is 6.58. The van der Waals surface area contributed by atoms with E-state index in [1.165, 1.54) is 18.2 Å². The summed E-state index contributed by atoms with van der Waals surface area (Å²) in [6.07, 6.45) is 5.21. The molecule has 128 valence electrons. The number of anilines is 1. The molecule has 2 aromatic rings. The minimum absolute atomic E-state index is 0.0708. The molecule has 0 fully saturated rings. The van der Waals surface area contributed by atoms with Gasteiger partial charge >= 0.3 is 6.03 Å². The van der Waals surface area contributed by atoms with Gasteiger partial charge in [0.2, 0.25) is 0 Å². The second kappa shape index (κ2) is 7.12. The van der Waals surface area contributed by atoms with E-state index in [9.17, 15) is 14.9 Å². The highest BCUT2D eigenvalue weighted by Crippen LogP contribution is 2.21. The quantitative estimate of drug-likeness (QED) is 0.649. The molecular weight excluding hydrogens is 310 g/mol. The number of carbonyl (C=O) groups excluding carboxylic acids is 1. The van der Waals surface area contributed by atoms with Crippen LogP contribution in [0.15, 0.2) is 43.0 Å². The van der Waals surface area contributed by atoms with Crippen molar-refractivity contribution in [1.82, 2.24) is 14.9 Å². The van der Waals surface area contributed by atoms with Gasteiger partial charge in [-0.3, -0.25) is 10.1 Å². The van der Waals surface area contributed by atoms with Crippen LogP contribution < -0.4 is 10.6 Å². The van der Waals surface area contributed by atoms with Gasteiger partial charge in [0.1, 0.15) is 0 Å². The first-order valence-electron chi connectivity index (χ1n) is 7.53. The monoisotopic (exact) mass is 331 g/mol. The number of carbonyl (C=O) groups is 1. The molecule has 1 atom stereocenters. The maximum absolute atomic E-state index is 12.3. The third-order valence-electron chi connectivity index (χ3n) is 3.62. The van der Waals surface area contributed by atoms with Crippen molar-refractivity contribution in [3.63, 3.8) is 0 Å². The van der Waals surface area contributed by atoms with E-state index in [4.69, 9.17) is 0 Å². The SMILES string of the molecule is CC(C)(C)[C@@H](Cn1ccnc1)NC(=O)Nc1cccc([N+](=O)[O-])c1. The number of hydrogen-bond acceptors (Lipinski definition) is 4. The van der Waals surface area contributed by atoms with Gasteiger partial charge in [-0.05, 0) is 11.5 Å². The Kier molecular flexibility index (Phi) is 5.18. The molecular formula is C16H21N5O3. The summed E-state index contributed by atoms with van der Waals surface area (Å²) in [6.45, 7) is 6.67. The van der Waals surface area contributed by atoms with Gasteiger partial charge in [-0.2, -0.15) is 0 Å². The van der Waals surface area contributed by atoms with Gasteiger partial charge in [0.15, 0.2) is 0 Å². The molecule has 0 spiro atoms. The first-order chi connectivity index (χ1) is 11.3. The molecule has 2 rings (SSSR count). The molecule has 0 aliphatic heterocycles. The number of nitro benzene ring substituents is 1. The molecule has 24 heavy (non-hydrogen) atoms. The van der Waals surface area contributed by atoms with Crippen molar-refractivity contribution in [2.45, 2.75) is 33.4 Å². The lowest BCUT2D eigenvalue weighted by atomic mass is 9.86. The van der Waals surface area contributed by atoms with E-state index in [1.54, 1.807) is 18.6 Å². The number of rotatable bonds is 5. The van der Waals surface area contributed by atoms with Gasteiger partial charge in [0.05, 0.1) is 17.3 Å². The van der Waals surface area contributed by atoms with Crippen LogP contribution in [0.4, 0.5) is 16.2 Å². The summed E-state index contributed by atoms with van der Waals surface area (Å²) >= 11 is 0. The summed E-state index contributed by atoms with van der Waals surface area (Å²) < 4.78 is 1.89. The Labute approximate surface area is 140 Å². The van der Waals surface area contributed by atoms with Crippen LogP contribution in [0.1, 0.15) is 20.8 Å². The molecule has 0 aliphatic carbocycles. The van der Waals surface area contributed by atoms with E-state index >= 15 is 0 Å². The van der Waals surface area contributed by atoms with Gasteiger partial charge in [-0.25, -0.2) is 9.78 Å². The Morgan fingerprint density at radius 2 is 2.17 bits per heavy atom. The zero-order chi connectivity index (χ0) is 17.7. The Hall–Kier alpha value is -2.90. The number of nitro groups is 1. The maximum Gasteiger partial charge on any atom is 0.319 e. The summed E-state index contributed by atoms with van der Waals surface area (Å²) in [5.74, 6) is 0. The Morgan fingerprint density at radius 3 is 2.75 bits per heavy atom. The second-order valence-corrected chi connectivity index (χ2v) is 6.58. The van der Waals surface area contributed by atoms with Crippen LogP contribution in [-0.2, 0) is 6.54 Å². The molecule has 1 aromatic carbocycles. The summed E-state index contributed by atoms with van der Waals surface area (Å²) in [5.41, 5.74) is 0.125. The molecule has 0 aliphatic rings. The number of aromatic nitrogens is 2. The first-order valence-corrected chi connectivity index (χ1v) is 7.53. The minimum Gasteiger partial charge on any atom is -0.335 e. The third kappa shape index (κ3) is 4.80. The Bertz CT molecular complexity index is 707. The van der Waals surface area contributed by atoms with Crippen molar-refractivity contribution in [2.75, 3.05) is 5.32 Å². The van der Waals surface area contributed by atoms with Crippen LogP contribution in [0.25, 0.3) is 0 Å². The molecule has 2 N–H and O–H groups in total. The number of non-ortho nitro benzene ring substituents is 1. The summed E-state index contributed by atoms with van der Waals surface area (Å²) in [6, 6.07) is 5.28. The zero-order valence-corrected chi connectivity index (χ0v) is 13.9. The molecule has 8 heteroatoms. The van der Waals surface area contributed by atoms with Crippen LogP contribution in [0.3, 0.4) is 0 Å². The van der Waals surface area contributed by atoms with Crippen LogP contribution in [0.5, 0.6) is 0 Å². The lowest BCUT2D eigenvalue weighted by molar-refractivity contribution is -0.384. The van der Waals surface area contributed by atoms with Gasteiger partial charge in [0, 0.05) is 36.8 Å². The highest BCUT2D eigenvalue weighted by atomic mass is 16.6. The molecule has 1 aromatic heterocycles. The van der Waals surface area contributed by atoms with E-state index < -0.39 is 11.0 Å². The van der Waals surface area contributed by atoms with E-state index in [0.29, 0.717) is 12.2 Å². The number of urea groups is 1. The number of benzene rings is 1. The Balaban J connectivity index is 2.05. The topological polar surface area (TPSA) is 102 Å². The van der Waals surface area contributed by atoms with E-state index in [1.807, 2.05) is 31.5 Å². The van der Waals surface area contributed by atoms with Crippen LogP contribution in [0, 0.1) is 15.5 Å². The number of hydrogen-bond donors (Lipinski definition) is 2. The minimum atomic E-state index is -0.500. The van der Waals surface area contributed by atoms with Crippen LogP contribution >= 0.6 is 0 Å². The largest absolute Gasteiger partial charge is 0.335 e. The van der Waals surface area contributed by atoms with Crippen molar-refractivity contribution in [2.24, 2.45) is 5.41 Å². The highest BCUT2D eigenvalue weighted by molar-refractivity contribution is 5.89. The number of nitrogens with zero attached hydrogens (tertiary/aromatic N) is 3. The van der Waals surface area contributed by atoms with Gasteiger partial charge < -0.3 is 15.2 Å². The van der Waals surface area contributed by atoms with Crippen LogP contribution in [0.2, 0.25) is 0 Å². The average molecular weight is 331 g/mol. The lowest BCUT2D eigenvalue weighted by Crippen LogP contribution is -2.47. The standard InChI is InChI=1S/C16H21N5O3/c1-16(2,3)14(10-20-8-7-17-11-20)19-15(22)18-12-5-4-6-13(9-12)21(23)24/h4-9,11,14H,10H2,1-3H3,(H2,18,19,22)/t14-/m1/s1. The molecule has 8 nitrogen and oxygen atoms in total. The van der Waals surface area contributed by atoms with Crippen LogP contribution in [-0.4, -0.2) is 26.5 Å². The van der Waals surface area contributed by atoms with Crippen molar-refractivity contribution in [1.29, 1.82) is 0 Å². The fourth-order valence-corrected chi connectivity index (χ4v) is 2.16. The average Bonchev–Trinajstić information content (AvgIpc) is 2.99. The van der Waals surface area contributed by atoms with Gasteiger partial charge in [-0.15, -0.1) is 0 Å².